The number of nitrogens with zero attached hydrogens (tertiary/aromatic N) is 1. The molecular formula is C16H24N2O4S. The standard InChI is InChI=1S/C16H24N2O4S/c1-22-12-4-6-14-5-2-3-11-18(14)16(19)13-7-9-15(10-8-13)23(17,20)21/h7-10,14H,2-6,11-12H2,1H3,(H2,17,20,21)/t14-/m1/s1. The van der Waals surface area contributed by atoms with Crippen molar-refractivity contribution < 1.29 is 17.9 Å². The molecule has 0 aliphatic carbocycles. The normalized spacial score (nSPS) is 18.9. The number of carbonyl (C=O) groups is 1. The lowest BCUT2D eigenvalue weighted by Crippen LogP contribution is -2.43. The van der Waals surface area contributed by atoms with Gasteiger partial charge in [0.25, 0.3) is 5.91 Å². The van der Waals surface area contributed by atoms with E-state index in [1.165, 1.54) is 24.3 Å². The number of nitrogens with two attached hydrogens (primary N) is 1. The van der Waals surface area contributed by atoms with Crippen LogP contribution in [0.5, 0.6) is 0 Å². The summed E-state index contributed by atoms with van der Waals surface area (Å²) in [6.45, 7) is 1.44. The van der Waals surface area contributed by atoms with Gasteiger partial charge in [-0.15, -0.1) is 0 Å². The lowest BCUT2D eigenvalue weighted by molar-refractivity contribution is 0.0585. The zero-order chi connectivity index (χ0) is 16.9. The van der Waals surface area contributed by atoms with Crippen LogP contribution in [-0.2, 0) is 14.8 Å². The Labute approximate surface area is 137 Å². The van der Waals surface area contributed by atoms with E-state index in [0.29, 0.717) is 12.2 Å². The first-order valence-corrected chi connectivity index (χ1v) is 9.41. The van der Waals surface area contributed by atoms with Crippen molar-refractivity contribution in [3.8, 4) is 0 Å². The van der Waals surface area contributed by atoms with Gasteiger partial charge >= 0.3 is 0 Å². The van der Waals surface area contributed by atoms with Crippen molar-refractivity contribution in [2.45, 2.75) is 43.0 Å². The summed E-state index contributed by atoms with van der Waals surface area (Å²) in [5, 5.41) is 5.08. The van der Waals surface area contributed by atoms with Gasteiger partial charge in [-0.05, 0) is 56.4 Å². The van der Waals surface area contributed by atoms with Crippen LogP contribution in [-0.4, -0.2) is 45.5 Å². The predicted octanol–water partition coefficient (Wildman–Crippen LogP) is 1.76. The molecule has 2 N–H and O–H groups in total. The fraction of sp³-hybridized carbons (Fsp3) is 0.562. The summed E-state index contributed by atoms with van der Waals surface area (Å²) in [4.78, 5) is 14.6. The third kappa shape index (κ3) is 4.76. The number of ether oxygens (including phenoxy) is 1. The monoisotopic (exact) mass is 340 g/mol. The van der Waals surface area contributed by atoms with Crippen molar-refractivity contribution in [2.24, 2.45) is 5.14 Å². The van der Waals surface area contributed by atoms with Gasteiger partial charge in [-0.1, -0.05) is 0 Å². The maximum Gasteiger partial charge on any atom is 0.254 e. The number of sulfonamides is 1. The molecule has 23 heavy (non-hydrogen) atoms. The molecule has 1 heterocycles. The first-order chi connectivity index (χ1) is 10.9. The third-order valence-electron chi connectivity index (χ3n) is 4.20. The highest BCUT2D eigenvalue weighted by atomic mass is 32.2. The maximum atomic E-state index is 12.7. The highest BCUT2D eigenvalue weighted by Gasteiger charge is 2.27. The summed E-state index contributed by atoms with van der Waals surface area (Å²) < 4.78 is 27.7. The minimum absolute atomic E-state index is 0.0179. The zero-order valence-electron chi connectivity index (χ0n) is 13.4. The number of carbonyl (C=O) groups excluding carboxylic acids is 1. The second-order valence-corrected chi connectivity index (χ2v) is 7.41. The predicted molar refractivity (Wildman–Crippen MR) is 87.6 cm³/mol. The van der Waals surface area contributed by atoms with Crippen LogP contribution >= 0.6 is 0 Å². The molecule has 0 bridgehead atoms. The van der Waals surface area contributed by atoms with Gasteiger partial charge in [-0.3, -0.25) is 4.79 Å². The van der Waals surface area contributed by atoms with Crippen molar-refractivity contribution in [1.29, 1.82) is 0 Å². The molecule has 1 aromatic carbocycles. The van der Waals surface area contributed by atoms with Gasteiger partial charge in [0.05, 0.1) is 4.90 Å². The second kappa shape index (κ2) is 7.90. The van der Waals surface area contributed by atoms with Gasteiger partial charge in [0.2, 0.25) is 10.0 Å². The summed E-state index contributed by atoms with van der Waals surface area (Å²) in [5.41, 5.74) is 0.496. The molecular weight excluding hydrogens is 316 g/mol. The summed E-state index contributed by atoms with van der Waals surface area (Å²) in [7, 11) is -2.06. The SMILES string of the molecule is COCCC[C@H]1CCCCN1C(=O)c1ccc(S(N)(=O)=O)cc1. The molecule has 2 rings (SSSR count). The number of piperidine rings is 1. The molecule has 1 aliphatic rings. The van der Waals surface area contributed by atoms with Crippen molar-refractivity contribution in [2.75, 3.05) is 20.3 Å². The van der Waals surface area contributed by atoms with E-state index < -0.39 is 10.0 Å². The Hall–Kier alpha value is -1.44. The minimum Gasteiger partial charge on any atom is -0.385 e. The van der Waals surface area contributed by atoms with Crippen molar-refractivity contribution in [3.63, 3.8) is 0 Å². The van der Waals surface area contributed by atoms with E-state index in [2.05, 4.69) is 0 Å². The van der Waals surface area contributed by atoms with Crippen molar-refractivity contribution in [3.05, 3.63) is 29.8 Å². The first kappa shape index (κ1) is 17.9. The molecule has 1 fully saturated rings. The van der Waals surface area contributed by atoms with Crippen molar-refractivity contribution in [1.82, 2.24) is 4.90 Å². The molecule has 6 nitrogen and oxygen atoms in total. The van der Waals surface area contributed by atoms with E-state index in [1.807, 2.05) is 4.90 Å². The van der Waals surface area contributed by atoms with E-state index in [9.17, 15) is 13.2 Å². The maximum absolute atomic E-state index is 12.7. The van der Waals surface area contributed by atoms with Crippen LogP contribution in [0.15, 0.2) is 29.2 Å². The minimum atomic E-state index is -3.73. The number of amides is 1. The Morgan fingerprint density at radius 2 is 2.00 bits per heavy atom. The van der Waals surface area contributed by atoms with Crippen LogP contribution in [0.4, 0.5) is 0 Å². The lowest BCUT2D eigenvalue weighted by atomic mass is 9.97. The Morgan fingerprint density at radius 3 is 2.61 bits per heavy atom. The molecule has 0 spiro atoms. The molecule has 128 valence electrons. The topological polar surface area (TPSA) is 89.7 Å². The van der Waals surface area contributed by atoms with Crippen LogP contribution in [0, 0.1) is 0 Å². The van der Waals surface area contributed by atoms with E-state index in [0.717, 1.165) is 38.6 Å². The highest BCUT2D eigenvalue weighted by Crippen LogP contribution is 2.23. The molecule has 0 radical (unpaired) electrons. The first-order valence-electron chi connectivity index (χ1n) is 7.86. The van der Waals surface area contributed by atoms with Gasteiger partial charge in [0.1, 0.15) is 0 Å². The number of methoxy groups -OCH3 is 1. The molecule has 1 saturated heterocycles. The molecule has 7 heteroatoms. The van der Waals surface area contributed by atoms with Gasteiger partial charge in [-0.25, -0.2) is 13.6 Å². The number of hydrogen-bond acceptors (Lipinski definition) is 4. The smallest absolute Gasteiger partial charge is 0.254 e. The number of primary sulfonamides is 1. The van der Waals surface area contributed by atoms with Crippen LogP contribution < -0.4 is 5.14 Å². The van der Waals surface area contributed by atoms with Gasteiger partial charge in [-0.2, -0.15) is 0 Å². The Kier molecular flexibility index (Phi) is 6.15. The van der Waals surface area contributed by atoms with Gasteiger partial charge in [0, 0.05) is 31.9 Å². The Balaban J connectivity index is 2.10. The largest absolute Gasteiger partial charge is 0.385 e. The molecule has 0 saturated carbocycles. The van der Waals surface area contributed by atoms with E-state index >= 15 is 0 Å². The Morgan fingerprint density at radius 1 is 1.30 bits per heavy atom. The molecule has 0 unspecified atom stereocenters. The van der Waals surface area contributed by atoms with Gasteiger partial charge in [0.15, 0.2) is 0 Å². The second-order valence-electron chi connectivity index (χ2n) is 5.85. The summed E-state index contributed by atoms with van der Waals surface area (Å²) in [5.74, 6) is -0.0481. The van der Waals surface area contributed by atoms with Crippen LogP contribution in [0.1, 0.15) is 42.5 Å². The van der Waals surface area contributed by atoms with Crippen LogP contribution in [0.25, 0.3) is 0 Å². The van der Waals surface area contributed by atoms with E-state index in [4.69, 9.17) is 9.88 Å². The molecule has 0 aromatic heterocycles. The quantitative estimate of drug-likeness (QED) is 0.799. The molecule has 1 aromatic rings. The average molecular weight is 340 g/mol. The fourth-order valence-corrected chi connectivity index (χ4v) is 3.50. The number of benzene rings is 1. The fourth-order valence-electron chi connectivity index (χ4n) is 2.98. The molecule has 1 aliphatic heterocycles. The highest BCUT2D eigenvalue weighted by molar-refractivity contribution is 7.89. The van der Waals surface area contributed by atoms with Crippen molar-refractivity contribution >= 4 is 15.9 Å². The van der Waals surface area contributed by atoms with E-state index in [-0.39, 0.29) is 16.8 Å². The number of hydrogen-bond donors (Lipinski definition) is 1. The lowest BCUT2D eigenvalue weighted by Gasteiger charge is -2.36. The summed E-state index contributed by atoms with van der Waals surface area (Å²) >= 11 is 0. The van der Waals surface area contributed by atoms with Crippen LogP contribution in [0.3, 0.4) is 0 Å². The summed E-state index contributed by atoms with van der Waals surface area (Å²) in [6, 6.07) is 6.05. The summed E-state index contributed by atoms with van der Waals surface area (Å²) in [6.07, 6.45) is 4.99. The number of likely N-dealkylation sites (tertiary alicyclic amines) is 1. The zero-order valence-corrected chi connectivity index (χ0v) is 14.2. The third-order valence-corrected chi connectivity index (χ3v) is 5.13. The Bertz CT molecular complexity index is 628. The number of rotatable bonds is 6. The molecule has 1 amide bonds. The van der Waals surface area contributed by atoms with E-state index in [1.54, 1.807) is 7.11 Å². The van der Waals surface area contributed by atoms with Gasteiger partial charge < -0.3 is 9.64 Å². The van der Waals surface area contributed by atoms with Crippen LogP contribution in [0.2, 0.25) is 0 Å². The molecule has 1 atom stereocenters. The average Bonchev–Trinajstić information content (AvgIpc) is 2.54.